The van der Waals surface area contributed by atoms with E-state index in [2.05, 4.69) is 25.5 Å². The number of rotatable bonds is 4. The molecule has 152 valence electrons. The first kappa shape index (κ1) is 19.3. The molecule has 2 aliphatic rings. The number of anilines is 3. The second-order valence-electron chi connectivity index (χ2n) is 7.08. The Hall–Kier alpha value is -3.04. The second-order valence-corrected chi connectivity index (χ2v) is 7.08. The standard InChI is InChI=1S/C20H23N5O4/c1-14(26)23-16-2-4-17(5-3-16)24-18(27)15-12-21-19(22-13-15)25-8-6-20(7-9-25)28-10-11-29-20/h2-5,12-13H,6-11H2,1H3,(H,23,26)(H,24,27). The van der Waals surface area contributed by atoms with E-state index in [0.717, 1.165) is 25.9 Å². The van der Waals surface area contributed by atoms with E-state index in [9.17, 15) is 9.59 Å². The molecule has 0 saturated carbocycles. The van der Waals surface area contributed by atoms with Crippen molar-refractivity contribution in [2.24, 2.45) is 0 Å². The maximum absolute atomic E-state index is 12.4. The number of nitrogens with one attached hydrogen (secondary N) is 2. The number of benzene rings is 1. The number of ether oxygens (including phenoxy) is 2. The van der Waals surface area contributed by atoms with Gasteiger partial charge in [-0.05, 0) is 24.3 Å². The molecular formula is C20H23N5O4. The summed E-state index contributed by atoms with van der Waals surface area (Å²) in [7, 11) is 0. The van der Waals surface area contributed by atoms with Gasteiger partial charge >= 0.3 is 0 Å². The van der Waals surface area contributed by atoms with Gasteiger partial charge in [-0.15, -0.1) is 0 Å². The smallest absolute Gasteiger partial charge is 0.258 e. The predicted molar refractivity (Wildman–Crippen MR) is 107 cm³/mol. The summed E-state index contributed by atoms with van der Waals surface area (Å²) in [6.07, 6.45) is 4.59. The molecule has 4 rings (SSSR count). The van der Waals surface area contributed by atoms with Crippen molar-refractivity contribution in [1.82, 2.24) is 9.97 Å². The molecule has 0 atom stereocenters. The lowest BCUT2D eigenvalue weighted by Crippen LogP contribution is -2.45. The zero-order valence-electron chi connectivity index (χ0n) is 16.2. The lowest BCUT2D eigenvalue weighted by Gasteiger charge is -2.37. The van der Waals surface area contributed by atoms with Gasteiger partial charge < -0.3 is 25.0 Å². The molecule has 2 amide bonds. The number of amides is 2. The highest BCUT2D eigenvalue weighted by Crippen LogP contribution is 2.32. The van der Waals surface area contributed by atoms with Crippen LogP contribution in [0, 0.1) is 0 Å². The molecule has 2 saturated heterocycles. The first-order valence-corrected chi connectivity index (χ1v) is 9.57. The quantitative estimate of drug-likeness (QED) is 0.813. The Labute approximate surface area is 168 Å². The maximum atomic E-state index is 12.4. The van der Waals surface area contributed by atoms with E-state index in [1.807, 2.05) is 0 Å². The number of aromatic nitrogens is 2. The molecule has 0 bridgehead atoms. The van der Waals surface area contributed by atoms with Gasteiger partial charge in [0.2, 0.25) is 11.9 Å². The molecule has 1 aromatic heterocycles. The number of nitrogens with zero attached hydrogens (tertiary/aromatic N) is 3. The Morgan fingerprint density at radius 3 is 2.07 bits per heavy atom. The molecule has 2 fully saturated rings. The Morgan fingerprint density at radius 1 is 0.966 bits per heavy atom. The fourth-order valence-corrected chi connectivity index (χ4v) is 3.48. The first-order valence-electron chi connectivity index (χ1n) is 9.57. The molecule has 2 N–H and O–H groups in total. The Bertz CT molecular complexity index is 869. The van der Waals surface area contributed by atoms with Crippen molar-refractivity contribution in [2.75, 3.05) is 41.8 Å². The van der Waals surface area contributed by atoms with Crippen LogP contribution in [0.15, 0.2) is 36.7 Å². The number of piperidine rings is 1. The second kappa shape index (κ2) is 8.14. The molecule has 9 heteroatoms. The summed E-state index contributed by atoms with van der Waals surface area (Å²) in [5.41, 5.74) is 1.65. The predicted octanol–water partition coefficient (Wildman–Crippen LogP) is 2.03. The molecule has 0 aliphatic carbocycles. The summed E-state index contributed by atoms with van der Waals surface area (Å²) >= 11 is 0. The summed E-state index contributed by atoms with van der Waals surface area (Å²) in [4.78, 5) is 34.3. The third-order valence-corrected chi connectivity index (χ3v) is 4.99. The normalized spacial score (nSPS) is 17.9. The fourth-order valence-electron chi connectivity index (χ4n) is 3.48. The summed E-state index contributed by atoms with van der Waals surface area (Å²) < 4.78 is 11.5. The monoisotopic (exact) mass is 397 g/mol. The lowest BCUT2D eigenvalue weighted by molar-refractivity contribution is -0.169. The van der Waals surface area contributed by atoms with Gasteiger partial charge in [-0.3, -0.25) is 9.59 Å². The van der Waals surface area contributed by atoms with Crippen molar-refractivity contribution in [1.29, 1.82) is 0 Å². The van der Waals surface area contributed by atoms with Crippen molar-refractivity contribution in [3.8, 4) is 0 Å². The fraction of sp³-hybridized carbons (Fsp3) is 0.400. The molecule has 2 aromatic rings. The van der Waals surface area contributed by atoms with Crippen molar-refractivity contribution < 1.29 is 19.1 Å². The van der Waals surface area contributed by atoms with Gasteiger partial charge in [0.25, 0.3) is 5.91 Å². The van der Waals surface area contributed by atoms with E-state index >= 15 is 0 Å². The van der Waals surface area contributed by atoms with Crippen LogP contribution in [0.3, 0.4) is 0 Å². The minimum absolute atomic E-state index is 0.147. The van der Waals surface area contributed by atoms with Crippen LogP contribution in [-0.2, 0) is 14.3 Å². The van der Waals surface area contributed by atoms with E-state index in [4.69, 9.17) is 9.47 Å². The van der Waals surface area contributed by atoms with Gasteiger partial charge in [-0.25, -0.2) is 9.97 Å². The third-order valence-electron chi connectivity index (χ3n) is 4.99. The highest BCUT2D eigenvalue weighted by Gasteiger charge is 2.40. The van der Waals surface area contributed by atoms with Crippen LogP contribution in [-0.4, -0.2) is 53.9 Å². The molecule has 0 unspecified atom stereocenters. The van der Waals surface area contributed by atoms with Gasteiger partial charge in [0.05, 0.1) is 18.8 Å². The van der Waals surface area contributed by atoms with Crippen LogP contribution in [0.5, 0.6) is 0 Å². The highest BCUT2D eigenvalue weighted by molar-refractivity contribution is 6.04. The van der Waals surface area contributed by atoms with E-state index in [1.54, 1.807) is 24.3 Å². The maximum Gasteiger partial charge on any atom is 0.258 e. The first-order chi connectivity index (χ1) is 14.0. The van der Waals surface area contributed by atoms with Crippen LogP contribution in [0.2, 0.25) is 0 Å². The summed E-state index contributed by atoms with van der Waals surface area (Å²) in [6, 6.07) is 6.87. The van der Waals surface area contributed by atoms with Crippen LogP contribution in [0.4, 0.5) is 17.3 Å². The lowest BCUT2D eigenvalue weighted by atomic mass is 10.0. The number of hydrogen-bond donors (Lipinski definition) is 2. The van der Waals surface area contributed by atoms with Gasteiger partial charge in [0.15, 0.2) is 5.79 Å². The highest BCUT2D eigenvalue weighted by atomic mass is 16.7. The van der Waals surface area contributed by atoms with E-state index < -0.39 is 5.79 Å². The summed E-state index contributed by atoms with van der Waals surface area (Å²) in [5, 5.41) is 5.47. The van der Waals surface area contributed by atoms with Gasteiger partial charge in [0.1, 0.15) is 0 Å². The van der Waals surface area contributed by atoms with Crippen LogP contribution in [0.1, 0.15) is 30.1 Å². The molecule has 2 aliphatic heterocycles. The SMILES string of the molecule is CC(=O)Nc1ccc(NC(=O)c2cnc(N3CCC4(CC3)OCCO4)nc2)cc1. The summed E-state index contributed by atoms with van der Waals surface area (Å²) in [5.74, 6) is -0.291. The Kier molecular flexibility index (Phi) is 5.41. The molecule has 9 nitrogen and oxygen atoms in total. The molecule has 0 radical (unpaired) electrons. The molecule has 29 heavy (non-hydrogen) atoms. The average molecular weight is 397 g/mol. The van der Waals surface area contributed by atoms with Crippen LogP contribution < -0.4 is 15.5 Å². The van der Waals surface area contributed by atoms with Crippen molar-refractivity contribution in [3.05, 3.63) is 42.2 Å². The van der Waals surface area contributed by atoms with Gasteiger partial charge in [-0.1, -0.05) is 0 Å². The van der Waals surface area contributed by atoms with Crippen molar-refractivity contribution in [3.63, 3.8) is 0 Å². The van der Waals surface area contributed by atoms with Gasteiger partial charge in [-0.2, -0.15) is 0 Å². The molecule has 3 heterocycles. The average Bonchev–Trinajstić information content (AvgIpc) is 3.18. The minimum atomic E-state index is -0.439. The van der Waals surface area contributed by atoms with Crippen molar-refractivity contribution in [2.45, 2.75) is 25.6 Å². The molecule has 1 spiro atoms. The van der Waals surface area contributed by atoms with Gasteiger partial charge in [0, 0.05) is 56.6 Å². The van der Waals surface area contributed by atoms with E-state index in [-0.39, 0.29) is 11.8 Å². The van der Waals surface area contributed by atoms with Crippen LogP contribution in [0.25, 0.3) is 0 Å². The zero-order chi connectivity index (χ0) is 20.3. The molecular weight excluding hydrogens is 374 g/mol. The van der Waals surface area contributed by atoms with E-state index in [0.29, 0.717) is 36.1 Å². The zero-order valence-corrected chi connectivity index (χ0v) is 16.2. The number of carbonyl (C=O) groups is 2. The number of carbonyl (C=O) groups excluding carboxylic acids is 2. The van der Waals surface area contributed by atoms with Crippen LogP contribution >= 0.6 is 0 Å². The van der Waals surface area contributed by atoms with Crippen molar-refractivity contribution >= 4 is 29.1 Å². The summed E-state index contributed by atoms with van der Waals surface area (Å²) in [6.45, 7) is 4.22. The number of hydrogen-bond acceptors (Lipinski definition) is 7. The largest absolute Gasteiger partial charge is 0.347 e. The van der Waals surface area contributed by atoms with E-state index in [1.165, 1.54) is 19.3 Å². The topological polar surface area (TPSA) is 106 Å². The third kappa shape index (κ3) is 4.52. The Balaban J connectivity index is 1.34. The Morgan fingerprint density at radius 2 is 1.52 bits per heavy atom. The minimum Gasteiger partial charge on any atom is -0.347 e. The molecule has 1 aromatic carbocycles.